The maximum Gasteiger partial charge on any atom is 0.309 e. The number of amides is 2. The number of thiophene rings is 1. The molecule has 1 aromatic rings. The molecule has 1 heterocycles. The van der Waals surface area contributed by atoms with Crippen molar-refractivity contribution in [1.82, 2.24) is 15.5 Å². The molecule has 0 bridgehead atoms. The molecule has 6 heteroatoms. The maximum atomic E-state index is 11.8. The number of carbonyl (C=O) groups is 2. The number of carbonyl (C=O) groups excluding carboxylic acids is 2. The van der Waals surface area contributed by atoms with Crippen LogP contribution in [-0.4, -0.2) is 43.9 Å². The number of hydrogen-bond donors (Lipinski definition) is 2. The van der Waals surface area contributed by atoms with Gasteiger partial charge in [0.05, 0.1) is 6.04 Å². The van der Waals surface area contributed by atoms with E-state index < -0.39 is 11.8 Å². The molecule has 1 unspecified atom stereocenters. The fourth-order valence-electron chi connectivity index (χ4n) is 1.89. The van der Waals surface area contributed by atoms with Crippen LogP contribution in [0.4, 0.5) is 0 Å². The molecule has 0 saturated heterocycles. The smallest absolute Gasteiger partial charge is 0.309 e. The molecule has 0 spiro atoms. The van der Waals surface area contributed by atoms with Crippen LogP contribution >= 0.6 is 11.3 Å². The summed E-state index contributed by atoms with van der Waals surface area (Å²) in [6, 6.07) is 2.10. The van der Waals surface area contributed by atoms with E-state index in [1.807, 2.05) is 30.4 Å². The molecule has 0 aliphatic carbocycles. The fraction of sp³-hybridized carbons (Fsp3) is 0.600. The quantitative estimate of drug-likeness (QED) is 0.752. The van der Waals surface area contributed by atoms with Gasteiger partial charge in [0.15, 0.2) is 0 Å². The summed E-state index contributed by atoms with van der Waals surface area (Å²) in [5.74, 6) is -0.621. The van der Waals surface area contributed by atoms with Gasteiger partial charge in [-0.2, -0.15) is 11.3 Å². The highest BCUT2D eigenvalue weighted by atomic mass is 32.1. The van der Waals surface area contributed by atoms with Crippen molar-refractivity contribution in [3.8, 4) is 0 Å². The van der Waals surface area contributed by atoms with Gasteiger partial charge >= 0.3 is 11.8 Å². The first-order valence-corrected chi connectivity index (χ1v) is 8.10. The van der Waals surface area contributed by atoms with Crippen molar-refractivity contribution >= 4 is 23.2 Å². The second-order valence-electron chi connectivity index (χ2n) is 5.68. The molecule has 2 amide bonds. The molecule has 118 valence electrons. The SMILES string of the molecule is CC(C)CCNC(=O)C(=O)NCC(c1ccsc1)N(C)C. The first kappa shape index (κ1) is 17.7. The Hall–Kier alpha value is -1.40. The first-order chi connectivity index (χ1) is 9.91. The molecule has 1 atom stereocenters. The summed E-state index contributed by atoms with van der Waals surface area (Å²) in [4.78, 5) is 25.5. The molecular formula is C15H25N3O2S. The molecule has 1 rings (SSSR count). The van der Waals surface area contributed by atoms with Gasteiger partial charge in [-0.15, -0.1) is 0 Å². The van der Waals surface area contributed by atoms with Crippen LogP contribution in [-0.2, 0) is 9.59 Å². The van der Waals surface area contributed by atoms with Crippen molar-refractivity contribution in [1.29, 1.82) is 0 Å². The lowest BCUT2D eigenvalue weighted by Gasteiger charge is -2.23. The fourth-order valence-corrected chi connectivity index (χ4v) is 2.59. The summed E-state index contributed by atoms with van der Waals surface area (Å²) in [7, 11) is 3.91. The van der Waals surface area contributed by atoms with Gasteiger partial charge < -0.3 is 15.5 Å². The third kappa shape index (κ3) is 6.27. The molecule has 1 aromatic heterocycles. The minimum atomic E-state index is -0.569. The van der Waals surface area contributed by atoms with Crippen LogP contribution in [0, 0.1) is 5.92 Å². The largest absolute Gasteiger partial charge is 0.348 e. The Kier molecular flexibility index (Phi) is 7.39. The van der Waals surface area contributed by atoms with Crippen molar-refractivity contribution in [2.75, 3.05) is 27.2 Å². The summed E-state index contributed by atoms with van der Waals surface area (Å²) in [6.45, 7) is 5.11. The lowest BCUT2D eigenvalue weighted by atomic mass is 10.1. The average Bonchev–Trinajstić information content (AvgIpc) is 2.91. The number of rotatable bonds is 7. The number of hydrogen-bond acceptors (Lipinski definition) is 4. The highest BCUT2D eigenvalue weighted by Crippen LogP contribution is 2.19. The van der Waals surface area contributed by atoms with E-state index in [1.165, 1.54) is 0 Å². The third-order valence-corrected chi connectivity index (χ3v) is 3.92. The average molecular weight is 311 g/mol. The lowest BCUT2D eigenvalue weighted by Crippen LogP contribution is -2.43. The van der Waals surface area contributed by atoms with Gasteiger partial charge in [-0.25, -0.2) is 0 Å². The van der Waals surface area contributed by atoms with Gasteiger partial charge in [-0.1, -0.05) is 13.8 Å². The zero-order valence-electron chi connectivity index (χ0n) is 13.2. The van der Waals surface area contributed by atoms with Crippen molar-refractivity contribution in [2.24, 2.45) is 5.92 Å². The van der Waals surface area contributed by atoms with E-state index in [-0.39, 0.29) is 6.04 Å². The Morgan fingerprint density at radius 1 is 1.24 bits per heavy atom. The van der Waals surface area contributed by atoms with Crippen molar-refractivity contribution in [3.63, 3.8) is 0 Å². The summed E-state index contributed by atoms with van der Waals surface area (Å²) in [5, 5.41) is 9.40. The topological polar surface area (TPSA) is 61.4 Å². The molecule has 0 saturated carbocycles. The molecular weight excluding hydrogens is 286 g/mol. The van der Waals surface area contributed by atoms with E-state index in [2.05, 4.69) is 29.9 Å². The van der Waals surface area contributed by atoms with Crippen LogP contribution in [0.5, 0.6) is 0 Å². The van der Waals surface area contributed by atoms with Gasteiger partial charge in [0.1, 0.15) is 0 Å². The Bertz CT molecular complexity index is 444. The summed E-state index contributed by atoms with van der Waals surface area (Å²) < 4.78 is 0. The third-order valence-electron chi connectivity index (χ3n) is 3.22. The van der Waals surface area contributed by atoms with E-state index in [9.17, 15) is 9.59 Å². The standard InChI is InChI=1S/C15H25N3O2S/c1-11(2)5-7-16-14(19)15(20)17-9-13(18(3)4)12-6-8-21-10-12/h6,8,10-11,13H,5,7,9H2,1-4H3,(H,16,19)(H,17,20). The number of nitrogens with zero attached hydrogens (tertiary/aromatic N) is 1. The van der Waals surface area contributed by atoms with Gasteiger partial charge in [-0.3, -0.25) is 9.59 Å². The first-order valence-electron chi connectivity index (χ1n) is 7.16. The lowest BCUT2D eigenvalue weighted by molar-refractivity contribution is -0.139. The molecule has 0 radical (unpaired) electrons. The highest BCUT2D eigenvalue weighted by molar-refractivity contribution is 7.07. The Morgan fingerprint density at radius 2 is 1.90 bits per heavy atom. The summed E-state index contributed by atoms with van der Waals surface area (Å²) >= 11 is 1.62. The minimum Gasteiger partial charge on any atom is -0.348 e. The van der Waals surface area contributed by atoms with Crippen LogP contribution in [0.1, 0.15) is 31.9 Å². The van der Waals surface area contributed by atoms with Crippen molar-refractivity contribution in [3.05, 3.63) is 22.4 Å². The Morgan fingerprint density at radius 3 is 2.43 bits per heavy atom. The summed E-state index contributed by atoms with van der Waals surface area (Å²) in [5.41, 5.74) is 1.14. The van der Waals surface area contributed by atoms with Crippen LogP contribution in [0.25, 0.3) is 0 Å². The van der Waals surface area contributed by atoms with Crippen molar-refractivity contribution in [2.45, 2.75) is 26.3 Å². The molecule has 0 aliphatic heterocycles. The van der Waals surface area contributed by atoms with Crippen LogP contribution < -0.4 is 10.6 Å². The molecule has 0 aliphatic rings. The Balaban J connectivity index is 2.41. The van der Waals surface area contributed by atoms with Gasteiger partial charge in [0.2, 0.25) is 0 Å². The van der Waals surface area contributed by atoms with Crippen LogP contribution in [0.15, 0.2) is 16.8 Å². The molecule has 5 nitrogen and oxygen atoms in total. The van der Waals surface area contributed by atoms with E-state index in [0.717, 1.165) is 12.0 Å². The molecule has 0 fully saturated rings. The predicted octanol–water partition coefficient (Wildman–Crippen LogP) is 1.63. The molecule has 2 N–H and O–H groups in total. The Labute approximate surface area is 130 Å². The minimum absolute atomic E-state index is 0.0728. The normalized spacial score (nSPS) is 12.5. The number of likely N-dealkylation sites (N-methyl/N-ethyl adjacent to an activating group) is 1. The summed E-state index contributed by atoms with van der Waals surface area (Å²) in [6.07, 6.45) is 0.869. The van der Waals surface area contributed by atoms with Crippen molar-refractivity contribution < 1.29 is 9.59 Å². The monoisotopic (exact) mass is 311 g/mol. The van der Waals surface area contributed by atoms with Gasteiger partial charge in [-0.05, 0) is 48.8 Å². The molecule has 21 heavy (non-hydrogen) atoms. The zero-order valence-corrected chi connectivity index (χ0v) is 14.0. The van der Waals surface area contributed by atoms with E-state index >= 15 is 0 Å². The van der Waals surface area contributed by atoms with Gasteiger partial charge in [0, 0.05) is 13.1 Å². The van der Waals surface area contributed by atoms with Crippen LogP contribution in [0.2, 0.25) is 0 Å². The molecule has 0 aromatic carbocycles. The van der Waals surface area contributed by atoms with Gasteiger partial charge in [0.25, 0.3) is 0 Å². The predicted molar refractivity (Wildman–Crippen MR) is 86.2 cm³/mol. The maximum absolute atomic E-state index is 11.8. The number of nitrogens with one attached hydrogen (secondary N) is 2. The second-order valence-corrected chi connectivity index (χ2v) is 6.46. The zero-order chi connectivity index (χ0) is 15.8. The van der Waals surface area contributed by atoms with Crippen LogP contribution in [0.3, 0.4) is 0 Å². The highest BCUT2D eigenvalue weighted by Gasteiger charge is 2.18. The van der Waals surface area contributed by atoms with E-state index in [0.29, 0.717) is 19.0 Å². The second kappa shape index (κ2) is 8.79. The van der Waals surface area contributed by atoms with E-state index in [1.54, 1.807) is 11.3 Å². The van der Waals surface area contributed by atoms with E-state index in [4.69, 9.17) is 0 Å².